The highest BCUT2D eigenvalue weighted by atomic mass is 16.5. The number of ether oxygens (including phenoxy) is 1. The van der Waals surface area contributed by atoms with Crippen LogP contribution in [0, 0.1) is 6.92 Å². The van der Waals surface area contributed by atoms with Gasteiger partial charge in [-0.05, 0) is 31.5 Å². The third-order valence-electron chi connectivity index (χ3n) is 2.97. The molecule has 22 heavy (non-hydrogen) atoms. The monoisotopic (exact) mass is 301 g/mol. The van der Waals surface area contributed by atoms with Crippen molar-refractivity contribution in [3.05, 3.63) is 51.8 Å². The molecule has 2 aromatic heterocycles. The molecule has 7 nitrogen and oxygen atoms in total. The van der Waals surface area contributed by atoms with Crippen molar-refractivity contribution in [3.63, 3.8) is 0 Å². The van der Waals surface area contributed by atoms with Crippen molar-refractivity contribution in [1.82, 2.24) is 9.38 Å². The normalized spacial score (nSPS) is 12.5. The second kappa shape index (κ2) is 6.21. The van der Waals surface area contributed by atoms with Crippen LogP contribution >= 0.6 is 0 Å². The van der Waals surface area contributed by atoms with Crippen molar-refractivity contribution in [3.8, 4) is 0 Å². The lowest BCUT2D eigenvalue weighted by Gasteiger charge is -2.03. The van der Waals surface area contributed by atoms with E-state index in [4.69, 9.17) is 0 Å². The van der Waals surface area contributed by atoms with Gasteiger partial charge in [0.1, 0.15) is 22.7 Å². The van der Waals surface area contributed by atoms with Gasteiger partial charge >= 0.3 is 5.97 Å². The molecule has 0 aliphatic rings. The predicted octanol–water partition coefficient (Wildman–Crippen LogP) is 1.71. The lowest BCUT2D eigenvalue weighted by molar-refractivity contribution is -0.135. The Kier molecular flexibility index (Phi) is 4.36. The zero-order chi connectivity index (χ0) is 16.3. The molecule has 2 aromatic rings. The quantitative estimate of drug-likeness (QED) is 0.403. The highest BCUT2D eigenvalue weighted by Gasteiger charge is 2.11. The maximum atomic E-state index is 12.3. The van der Waals surface area contributed by atoms with Crippen molar-refractivity contribution < 1.29 is 14.6 Å². The third kappa shape index (κ3) is 3.03. The summed E-state index contributed by atoms with van der Waals surface area (Å²) in [6.45, 7) is 3.22. The van der Waals surface area contributed by atoms with Crippen LogP contribution in [-0.4, -0.2) is 33.8 Å². The standard InChI is InChI=1S/C15H15N3O4/c1-9-4-5-18-13(6-9)17-8-12(14(18)20)16-7-11(10(2)19)15(21)22-3/h4-8,19H,1-3H3/b11-10-,16-7?. The van der Waals surface area contributed by atoms with Crippen LogP contribution in [0.15, 0.2) is 45.6 Å². The highest BCUT2D eigenvalue weighted by molar-refractivity contribution is 6.10. The Bertz CT molecular complexity index is 845. The van der Waals surface area contributed by atoms with E-state index in [9.17, 15) is 14.7 Å². The minimum Gasteiger partial charge on any atom is -0.512 e. The number of pyridine rings is 1. The Morgan fingerprint density at radius 2 is 2.23 bits per heavy atom. The fourth-order valence-electron chi connectivity index (χ4n) is 1.79. The second-order valence-corrected chi connectivity index (χ2v) is 4.63. The molecule has 0 bridgehead atoms. The first-order chi connectivity index (χ1) is 10.4. The molecule has 2 heterocycles. The van der Waals surface area contributed by atoms with Gasteiger partial charge in [0.15, 0.2) is 0 Å². The number of rotatable bonds is 3. The van der Waals surface area contributed by atoms with Crippen LogP contribution < -0.4 is 5.56 Å². The van der Waals surface area contributed by atoms with Crippen LogP contribution in [0.4, 0.5) is 5.69 Å². The van der Waals surface area contributed by atoms with Crippen molar-refractivity contribution in [2.45, 2.75) is 13.8 Å². The molecule has 1 N–H and O–H groups in total. The number of aryl methyl sites for hydroxylation is 1. The summed E-state index contributed by atoms with van der Waals surface area (Å²) in [6, 6.07) is 3.55. The lowest BCUT2D eigenvalue weighted by Crippen LogP contribution is -2.14. The molecule has 0 atom stereocenters. The van der Waals surface area contributed by atoms with E-state index in [0.29, 0.717) is 5.65 Å². The average molecular weight is 301 g/mol. The van der Waals surface area contributed by atoms with Crippen LogP contribution in [0.3, 0.4) is 0 Å². The van der Waals surface area contributed by atoms with Gasteiger partial charge in [0, 0.05) is 12.4 Å². The molecule has 0 aliphatic carbocycles. The molecular formula is C15H15N3O4. The van der Waals surface area contributed by atoms with E-state index in [1.54, 1.807) is 18.3 Å². The molecular weight excluding hydrogens is 286 g/mol. The van der Waals surface area contributed by atoms with Gasteiger partial charge in [0.25, 0.3) is 5.56 Å². The van der Waals surface area contributed by atoms with E-state index < -0.39 is 5.97 Å². The number of nitrogens with zero attached hydrogens (tertiary/aromatic N) is 3. The van der Waals surface area contributed by atoms with Crippen molar-refractivity contribution in [2.24, 2.45) is 4.99 Å². The Hall–Kier alpha value is -2.96. The van der Waals surface area contributed by atoms with E-state index in [1.165, 1.54) is 24.6 Å². The van der Waals surface area contributed by atoms with E-state index in [-0.39, 0.29) is 22.6 Å². The summed E-state index contributed by atoms with van der Waals surface area (Å²) in [7, 11) is 1.19. The Morgan fingerprint density at radius 3 is 2.86 bits per heavy atom. The summed E-state index contributed by atoms with van der Waals surface area (Å²) < 4.78 is 5.88. The van der Waals surface area contributed by atoms with Crippen LogP contribution in [0.5, 0.6) is 0 Å². The topological polar surface area (TPSA) is 93.3 Å². The fourth-order valence-corrected chi connectivity index (χ4v) is 1.79. The maximum absolute atomic E-state index is 12.3. The first-order valence-corrected chi connectivity index (χ1v) is 6.44. The minimum atomic E-state index is -0.742. The molecule has 114 valence electrons. The molecule has 0 fully saturated rings. The molecule has 0 unspecified atom stereocenters. The molecule has 2 rings (SSSR count). The van der Waals surface area contributed by atoms with Gasteiger partial charge in [-0.3, -0.25) is 9.20 Å². The Labute approximate surface area is 126 Å². The number of fused-ring (bicyclic) bond motifs is 1. The molecule has 0 saturated carbocycles. The minimum absolute atomic E-state index is 0.0454. The van der Waals surface area contributed by atoms with Crippen LogP contribution in [0.2, 0.25) is 0 Å². The average Bonchev–Trinajstić information content (AvgIpc) is 2.48. The van der Waals surface area contributed by atoms with E-state index in [1.807, 2.05) is 6.92 Å². The number of aromatic nitrogens is 2. The van der Waals surface area contributed by atoms with E-state index in [2.05, 4.69) is 14.7 Å². The van der Waals surface area contributed by atoms with Crippen LogP contribution in [0.25, 0.3) is 5.65 Å². The molecule has 0 spiro atoms. The van der Waals surface area contributed by atoms with Crippen molar-refractivity contribution >= 4 is 23.5 Å². The van der Waals surface area contributed by atoms with Gasteiger partial charge in [-0.15, -0.1) is 0 Å². The zero-order valence-corrected chi connectivity index (χ0v) is 12.4. The molecule has 0 amide bonds. The lowest BCUT2D eigenvalue weighted by atomic mass is 10.2. The second-order valence-electron chi connectivity index (χ2n) is 4.63. The Balaban J connectivity index is 2.48. The van der Waals surface area contributed by atoms with Gasteiger partial charge < -0.3 is 9.84 Å². The molecule has 0 aliphatic heterocycles. The van der Waals surface area contributed by atoms with Gasteiger partial charge in [-0.1, -0.05) is 0 Å². The molecule has 0 radical (unpaired) electrons. The summed E-state index contributed by atoms with van der Waals surface area (Å²) in [4.78, 5) is 31.8. The summed E-state index contributed by atoms with van der Waals surface area (Å²) in [5.74, 6) is -0.992. The number of aliphatic hydroxyl groups is 1. The number of hydrogen-bond acceptors (Lipinski definition) is 6. The summed E-state index contributed by atoms with van der Waals surface area (Å²) in [6.07, 6.45) is 4.00. The smallest absolute Gasteiger partial charge is 0.342 e. The van der Waals surface area contributed by atoms with Gasteiger partial charge in [0.2, 0.25) is 0 Å². The molecule has 0 saturated heterocycles. The first-order valence-electron chi connectivity index (χ1n) is 6.44. The number of carbonyl (C=O) groups excluding carboxylic acids is 1. The number of hydrogen-bond donors (Lipinski definition) is 1. The summed E-state index contributed by atoms with van der Waals surface area (Å²) in [5, 5.41) is 9.45. The number of aliphatic hydroxyl groups excluding tert-OH is 1. The Morgan fingerprint density at radius 1 is 1.50 bits per heavy atom. The largest absolute Gasteiger partial charge is 0.512 e. The van der Waals surface area contributed by atoms with Gasteiger partial charge in [-0.2, -0.15) is 0 Å². The van der Waals surface area contributed by atoms with Gasteiger partial charge in [-0.25, -0.2) is 14.8 Å². The number of aliphatic imine (C=N–C) groups is 1. The first kappa shape index (κ1) is 15.4. The number of carbonyl (C=O) groups is 1. The fraction of sp³-hybridized carbons (Fsp3) is 0.200. The summed E-state index contributed by atoms with van der Waals surface area (Å²) in [5.41, 5.74) is 1.03. The van der Waals surface area contributed by atoms with E-state index in [0.717, 1.165) is 11.8 Å². The highest BCUT2D eigenvalue weighted by Crippen LogP contribution is 2.08. The van der Waals surface area contributed by atoms with Crippen LogP contribution in [-0.2, 0) is 9.53 Å². The van der Waals surface area contributed by atoms with Crippen molar-refractivity contribution in [1.29, 1.82) is 0 Å². The predicted molar refractivity (Wildman–Crippen MR) is 81.7 cm³/mol. The maximum Gasteiger partial charge on any atom is 0.342 e. The van der Waals surface area contributed by atoms with E-state index >= 15 is 0 Å². The molecule has 0 aromatic carbocycles. The SMILES string of the molecule is COC(=O)/C(C=Nc1cnc2cc(C)ccn2c1=O)=C(/C)O. The summed E-state index contributed by atoms with van der Waals surface area (Å²) >= 11 is 0. The van der Waals surface area contributed by atoms with Crippen LogP contribution in [0.1, 0.15) is 12.5 Å². The molecule has 7 heteroatoms. The number of allylic oxidation sites excluding steroid dienone is 1. The zero-order valence-electron chi connectivity index (χ0n) is 12.4. The number of esters is 1. The third-order valence-corrected chi connectivity index (χ3v) is 2.97. The van der Waals surface area contributed by atoms with Gasteiger partial charge in [0.05, 0.1) is 13.3 Å². The number of methoxy groups -OCH3 is 1. The van der Waals surface area contributed by atoms with Crippen molar-refractivity contribution in [2.75, 3.05) is 7.11 Å².